The highest BCUT2D eigenvalue weighted by Gasteiger charge is 2.17. The summed E-state index contributed by atoms with van der Waals surface area (Å²) in [7, 11) is 0. The van der Waals surface area contributed by atoms with Gasteiger partial charge in [-0.3, -0.25) is 4.79 Å². The normalized spacial score (nSPS) is 11.2. The molecule has 6 heteroatoms. The molecule has 29 heavy (non-hydrogen) atoms. The van der Waals surface area contributed by atoms with Gasteiger partial charge in [0.15, 0.2) is 18.1 Å². The molecule has 158 valence electrons. The largest absolute Gasteiger partial charge is 0.490 e. The summed E-state index contributed by atoms with van der Waals surface area (Å²) in [5.74, 6) is 0.733. The second-order valence-electron chi connectivity index (χ2n) is 7.84. The van der Waals surface area contributed by atoms with Gasteiger partial charge >= 0.3 is 0 Å². The van der Waals surface area contributed by atoms with Crippen molar-refractivity contribution in [2.24, 2.45) is 0 Å². The van der Waals surface area contributed by atoms with Crippen molar-refractivity contribution in [2.75, 3.05) is 19.8 Å². The lowest BCUT2D eigenvalue weighted by molar-refractivity contribution is -0.124. The van der Waals surface area contributed by atoms with E-state index in [1.807, 2.05) is 58.0 Å². The highest BCUT2D eigenvalue weighted by Crippen LogP contribution is 2.36. The third-order valence-electron chi connectivity index (χ3n) is 3.99. The number of nitrogens with one attached hydrogen (secondary N) is 2. The molecule has 0 atom stereocenters. The average Bonchev–Trinajstić information content (AvgIpc) is 2.64. The predicted molar refractivity (Wildman–Crippen MR) is 118 cm³/mol. The molecule has 0 heterocycles. The standard InChI is InChI=1S/C23H31ClN2O3/c1-5-28-20-14-18(15-25-12-11-17-9-7-6-8-10-17)13-19(24)22(20)29-16-21(27)26-23(2,3)4/h6-10,13-14,25H,5,11-12,15-16H2,1-4H3,(H,26,27). The van der Waals surface area contributed by atoms with Gasteiger partial charge in [-0.1, -0.05) is 41.9 Å². The van der Waals surface area contributed by atoms with Crippen LogP contribution in [0.25, 0.3) is 0 Å². The fourth-order valence-electron chi connectivity index (χ4n) is 2.83. The van der Waals surface area contributed by atoms with Crippen molar-refractivity contribution in [3.05, 3.63) is 58.6 Å². The maximum atomic E-state index is 12.0. The van der Waals surface area contributed by atoms with Gasteiger partial charge in [-0.15, -0.1) is 0 Å². The lowest BCUT2D eigenvalue weighted by Crippen LogP contribution is -2.43. The number of carbonyl (C=O) groups is 1. The van der Waals surface area contributed by atoms with Crippen LogP contribution < -0.4 is 20.1 Å². The van der Waals surface area contributed by atoms with Gasteiger partial charge in [-0.2, -0.15) is 0 Å². The molecule has 0 bridgehead atoms. The van der Waals surface area contributed by atoms with Crippen LogP contribution in [-0.4, -0.2) is 31.2 Å². The van der Waals surface area contributed by atoms with E-state index in [1.165, 1.54) is 5.56 Å². The van der Waals surface area contributed by atoms with Gasteiger partial charge in [-0.05, 0) is 63.9 Å². The molecule has 0 fully saturated rings. The van der Waals surface area contributed by atoms with Crippen LogP contribution in [0, 0.1) is 0 Å². The first-order valence-corrected chi connectivity index (χ1v) is 10.3. The first kappa shape index (κ1) is 23.0. The van der Waals surface area contributed by atoms with Crippen molar-refractivity contribution in [1.29, 1.82) is 0 Å². The lowest BCUT2D eigenvalue weighted by Gasteiger charge is -2.21. The molecule has 0 aliphatic rings. The third kappa shape index (κ3) is 8.34. The number of benzene rings is 2. The fraction of sp³-hybridized carbons (Fsp3) is 0.435. The number of hydrogen-bond donors (Lipinski definition) is 2. The van der Waals surface area contributed by atoms with E-state index in [2.05, 4.69) is 22.8 Å². The van der Waals surface area contributed by atoms with Crippen LogP contribution in [0.2, 0.25) is 5.02 Å². The smallest absolute Gasteiger partial charge is 0.258 e. The Balaban J connectivity index is 1.96. The summed E-state index contributed by atoms with van der Waals surface area (Å²) < 4.78 is 11.4. The Bertz CT molecular complexity index is 789. The van der Waals surface area contributed by atoms with Crippen LogP contribution in [0.3, 0.4) is 0 Å². The third-order valence-corrected chi connectivity index (χ3v) is 4.27. The van der Waals surface area contributed by atoms with Gasteiger partial charge in [-0.25, -0.2) is 0 Å². The Hall–Kier alpha value is -2.24. The molecule has 1 amide bonds. The summed E-state index contributed by atoms with van der Waals surface area (Å²) >= 11 is 6.43. The molecule has 0 saturated heterocycles. The van der Waals surface area contributed by atoms with E-state index in [0.717, 1.165) is 18.5 Å². The zero-order valence-electron chi connectivity index (χ0n) is 17.7. The molecule has 0 saturated carbocycles. The Labute approximate surface area is 178 Å². The maximum Gasteiger partial charge on any atom is 0.258 e. The lowest BCUT2D eigenvalue weighted by atomic mass is 10.1. The molecule has 0 aromatic heterocycles. The van der Waals surface area contributed by atoms with Crippen LogP contribution in [-0.2, 0) is 17.8 Å². The number of amides is 1. The second kappa shape index (κ2) is 11.1. The highest BCUT2D eigenvalue weighted by molar-refractivity contribution is 6.32. The van der Waals surface area contributed by atoms with E-state index in [4.69, 9.17) is 21.1 Å². The second-order valence-corrected chi connectivity index (χ2v) is 8.24. The molecule has 0 aliphatic heterocycles. The van der Waals surface area contributed by atoms with E-state index in [-0.39, 0.29) is 18.1 Å². The highest BCUT2D eigenvalue weighted by atomic mass is 35.5. The molecular formula is C23H31ClN2O3. The quantitative estimate of drug-likeness (QED) is 0.562. The van der Waals surface area contributed by atoms with Crippen LogP contribution in [0.4, 0.5) is 0 Å². The molecule has 0 radical (unpaired) electrons. The zero-order chi connectivity index (χ0) is 21.3. The topological polar surface area (TPSA) is 59.6 Å². The predicted octanol–water partition coefficient (Wildman–Crippen LogP) is 4.36. The minimum atomic E-state index is -0.317. The van der Waals surface area contributed by atoms with Crippen molar-refractivity contribution < 1.29 is 14.3 Å². The summed E-state index contributed by atoms with van der Waals surface area (Å²) in [4.78, 5) is 12.0. The summed E-state index contributed by atoms with van der Waals surface area (Å²) in [5.41, 5.74) is 1.98. The summed E-state index contributed by atoms with van der Waals surface area (Å²) in [6.07, 6.45) is 0.955. The average molecular weight is 419 g/mol. The summed E-state index contributed by atoms with van der Waals surface area (Å²) in [6.45, 7) is 9.54. The number of halogens is 1. The molecule has 5 nitrogen and oxygen atoms in total. The molecule has 0 aliphatic carbocycles. The van der Waals surface area contributed by atoms with Gasteiger partial charge in [0.05, 0.1) is 11.6 Å². The van der Waals surface area contributed by atoms with E-state index in [1.54, 1.807) is 0 Å². The summed E-state index contributed by atoms with van der Waals surface area (Å²) in [6, 6.07) is 14.1. The van der Waals surface area contributed by atoms with Crippen molar-refractivity contribution in [3.8, 4) is 11.5 Å². The Morgan fingerprint density at radius 3 is 2.45 bits per heavy atom. The molecule has 2 aromatic rings. The number of ether oxygens (including phenoxy) is 2. The minimum absolute atomic E-state index is 0.119. The van der Waals surface area contributed by atoms with Crippen LogP contribution in [0.5, 0.6) is 11.5 Å². The van der Waals surface area contributed by atoms with E-state index < -0.39 is 0 Å². The van der Waals surface area contributed by atoms with Crippen molar-refractivity contribution in [1.82, 2.24) is 10.6 Å². The van der Waals surface area contributed by atoms with Gasteiger partial charge < -0.3 is 20.1 Å². The Kier molecular flexibility index (Phi) is 8.80. The molecule has 0 spiro atoms. The first-order valence-electron chi connectivity index (χ1n) is 9.92. The first-order chi connectivity index (χ1) is 13.8. The van der Waals surface area contributed by atoms with Crippen LogP contribution >= 0.6 is 11.6 Å². The SMILES string of the molecule is CCOc1cc(CNCCc2ccccc2)cc(Cl)c1OCC(=O)NC(C)(C)C. The van der Waals surface area contributed by atoms with Crippen LogP contribution in [0.15, 0.2) is 42.5 Å². The van der Waals surface area contributed by atoms with Gasteiger partial charge in [0.1, 0.15) is 0 Å². The van der Waals surface area contributed by atoms with Crippen molar-refractivity contribution >= 4 is 17.5 Å². The molecule has 0 unspecified atom stereocenters. The van der Waals surface area contributed by atoms with Crippen molar-refractivity contribution in [3.63, 3.8) is 0 Å². The molecule has 2 aromatic carbocycles. The van der Waals surface area contributed by atoms with Crippen LogP contribution in [0.1, 0.15) is 38.8 Å². The van der Waals surface area contributed by atoms with Crippen molar-refractivity contribution in [2.45, 2.75) is 46.2 Å². The van der Waals surface area contributed by atoms with E-state index in [0.29, 0.717) is 29.7 Å². The van der Waals surface area contributed by atoms with Gasteiger partial charge in [0.2, 0.25) is 0 Å². The minimum Gasteiger partial charge on any atom is -0.490 e. The fourth-order valence-corrected chi connectivity index (χ4v) is 3.12. The monoisotopic (exact) mass is 418 g/mol. The number of hydrogen-bond acceptors (Lipinski definition) is 4. The molecule has 2 rings (SSSR count). The molecule has 2 N–H and O–H groups in total. The van der Waals surface area contributed by atoms with E-state index >= 15 is 0 Å². The summed E-state index contributed by atoms with van der Waals surface area (Å²) in [5, 5.41) is 6.71. The van der Waals surface area contributed by atoms with Gasteiger partial charge in [0.25, 0.3) is 5.91 Å². The number of carbonyl (C=O) groups excluding carboxylic acids is 1. The van der Waals surface area contributed by atoms with Gasteiger partial charge in [0, 0.05) is 12.1 Å². The maximum absolute atomic E-state index is 12.0. The zero-order valence-corrected chi connectivity index (χ0v) is 18.4. The van der Waals surface area contributed by atoms with E-state index in [9.17, 15) is 4.79 Å². The molecular weight excluding hydrogens is 388 g/mol. The Morgan fingerprint density at radius 2 is 1.79 bits per heavy atom. The number of rotatable bonds is 10. The Morgan fingerprint density at radius 1 is 1.07 bits per heavy atom.